The van der Waals surface area contributed by atoms with Gasteiger partial charge in [-0.1, -0.05) is 33.8 Å². The molecule has 2 aromatic rings. The molecule has 2 aromatic carbocycles. The Morgan fingerprint density at radius 3 is 2.12 bits per heavy atom. The van der Waals surface area contributed by atoms with Crippen LogP contribution < -0.4 is 14.2 Å². The molecule has 32 heavy (non-hydrogen) atoms. The van der Waals surface area contributed by atoms with E-state index in [0.29, 0.717) is 17.9 Å². The Hall–Kier alpha value is -2.75. The molecule has 0 N–H and O–H groups in total. The van der Waals surface area contributed by atoms with Crippen LogP contribution in [-0.4, -0.2) is 24.6 Å². The maximum atomic E-state index is 12.7. The Balaban J connectivity index is 2.37. The lowest BCUT2D eigenvalue weighted by atomic mass is 9.85. The van der Waals surface area contributed by atoms with Gasteiger partial charge >= 0.3 is 0 Å². The summed E-state index contributed by atoms with van der Waals surface area (Å²) in [5, 5.41) is 0. The summed E-state index contributed by atoms with van der Waals surface area (Å²) in [5.41, 5.74) is 2.42. The van der Waals surface area contributed by atoms with Crippen LogP contribution in [0, 0.1) is 0 Å². The quantitative estimate of drug-likeness (QED) is 0.290. The van der Waals surface area contributed by atoms with Gasteiger partial charge in [0.2, 0.25) is 0 Å². The molecule has 0 aliphatic carbocycles. The highest BCUT2D eigenvalue weighted by Crippen LogP contribution is 2.41. The highest BCUT2D eigenvalue weighted by atomic mass is 16.5. The number of carbonyl (C=O) groups excluding carboxylic acids is 1. The normalized spacial score (nSPS) is 11.9. The zero-order chi connectivity index (χ0) is 23.9. The van der Waals surface area contributed by atoms with Crippen LogP contribution in [0.1, 0.15) is 83.3 Å². The maximum absolute atomic E-state index is 12.7. The van der Waals surface area contributed by atoms with E-state index in [2.05, 4.69) is 33.8 Å². The van der Waals surface area contributed by atoms with Gasteiger partial charge in [0.05, 0.1) is 18.8 Å². The fourth-order valence-electron chi connectivity index (χ4n) is 3.18. The minimum atomic E-state index is -0.151. The molecule has 4 heteroatoms. The molecule has 0 heterocycles. The standard InChI is InChI=1S/C28H38O4/c1-9-16-30-23-13-11-22(12-14-23)25(29)15-10-21-17-24(28(6,7)8)27(32-20(4)5)26(18-21)31-19(2)3/h10-15,17-20H,9,16H2,1-8H3/b15-10+. The lowest BCUT2D eigenvalue weighted by Gasteiger charge is -2.27. The molecule has 0 saturated carbocycles. The van der Waals surface area contributed by atoms with Gasteiger partial charge in [-0.15, -0.1) is 0 Å². The van der Waals surface area contributed by atoms with Crippen LogP contribution in [-0.2, 0) is 5.41 Å². The first kappa shape index (κ1) is 25.5. The predicted molar refractivity (Wildman–Crippen MR) is 132 cm³/mol. The maximum Gasteiger partial charge on any atom is 0.185 e. The van der Waals surface area contributed by atoms with Gasteiger partial charge in [0.25, 0.3) is 0 Å². The molecule has 4 nitrogen and oxygen atoms in total. The molecule has 0 bridgehead atoms. The van der Waals surface area contributed by atoms with Gasteiger partial charge < -0.3 is 14.2 Å². The second kappa shape index (κ2) is 11.2. The van der Waals surface area contributed by atoms with Crippen molar-refractivity contribution in [2.45, 2.75) is 79.4 Å². The lowest BCUT2D eigenvalue weighted by Crippen LogP contribution is -2.18. The van der Waals surface area contributed by atoms with E-state index in [1.54, 1.807) is 18.2 Å². The number of benzene rings is 2. The number of hydrogen-bond donors (Lipinski definition) is 0. The minimum Gasteiger partial charge on any atom is -0.494 e. The smallest absolute Gasteiger partial charge is 0.185 e. The third-order valence-corrected chi connectivity index (χ3v) is 4.64. The summed E-state index contributed by atoms with van der Waals surface area (Å²) in [6.45, 7) is 17.2. The van der Waals surface area contributed by atoms with E-state index in [9.17, 15) is 4.79 Å². The summed E-state index contributed by atoms with van der Waals surface area (Å²) in [6.07, 6.45) is 4.42. The Kier molecular flexibility index (Phi) is 8.94. The molecule has 0 aliphatic rings. The van der Waals surface area contributed by atoms with E-state index in [4.69, 9.17) is 14.2 Å². The average Bonchev–Trinajstić information content (AvgIpc) is 2.70. The molecule has 0 radical (unpaired) electrons. The highest BCUT2D eigenvalue weighted by Gasteiger charge is 2.24. The molecule has 0 fully saturated rings. The third-order valence-electron chi connectivity index (χ3n) is 4.64. The van der Waals surface area contributed by atoms with Gasteiger partial charge in [-0.2, -0.15) is 0 Å². The van der Waals surface area contributed by atoms with Gasteiger partial charge in [-0.3, -0.25) is 4.79 Å². The van der Waals surface area contributed by atoms with Crippen molar-refractivity contribution in [3.63, 3.8) is 0 Å². The van der Waals surface area contributed by atoms with Crippen LogP contribution in [0.15, 0.2) is 42.5 Å². The molecule has 0 spiro atoms. The van der Waals surface area contributed by atoms with Gasteiger partial charge in [-0.25, -0.2) is 0 Å². The molecule has 0 amide bonds. The Bertz CT molecular complexity index is 916. The van der Waals surface area contributed by atoms with Gasteiger partial charge in [0.1, 0.15) is 5.75 Å². The van der Waals surface area contributed by atoms with E-state index in [1.807, 2.05) is 52.0 Å². The molecule has 174 valence electrons. The van der Waals surface area contributed by atoms with Crippen LogP contribution in [0.2, 0.25) is 0 Å². The van der Waals surface area contributed by atoms with Gasteiger partial charge in [-0.05, 0) is 87.6 Å². The molecule has 0 saturated heterocycles. The molecule has 0 aromatic heterocycles. The Labute approximate surface area is 193 Å². The zero-order valence-electron chi connectivity index (χ0n) is 20.8. The molecular formula is C28H38O4. The van der Waals surface area contributed by atoms with Crippen molar-refractivity contribution < 1.29 is 19.0 Å². The predicted octanol–water partition coefficient (Wildman–Crippen LogP) is 7.24. The van der Waals surface area contributed by atoms with Crippen LogP contribution in [0.25, 0.3) is 6.08 Å². The van der Waals surface area contributed by atoms with Crippen LogP contribution >= 0.6 is 0 Å². The van der Waals surface area contributed by atoms with Crippen molar-refractivity contribution in [3.05, 3.63) is 59.2 Å². The monoisotopic (exact) mass is 438 g/mol. The van der Waals surface area contributed by atoms with Crippen molar-refractivity contribution >= 4 is 11.9 Å². The fourth-order valence-corrected chi connectivity index (χ4v) is 3.18. The Morgan fingerprint density at radius 1 is 0.969 bits per heavy atom. The van der Waals surface area contributed by atoms with Crippen LogP contribution in [0.5, 0.6) is 17.2 Å². The van der Waals surface area contributed by atoms with Crippen LogP contribution in [0.4, 0.5) is 0 Å². The van der Waals surface area contributed by atoms with Gasteiger partial charge in [0, 0.05) is 11.1 Å². The number of rotatable bonds is 10. The van der Waals surface area contributed by atoms with Crippen LogP contribution in [0.3, 0.4) is 0 Å². The molecule has 0 atom stereocenters. The van der Waals surface area contributed by atoms with Crippen molar-refractivity contribution in [2.24, 2.45) is 0 Å². The SMILES string of the molecule is CCCOc1ccc(C(=O)/C=C/c2cc(OC(C)C)c(OC(C)C)c(C(C)(C)C)c2)cc1. The molecule has 2 rings (SSSR count). The minimum absolute atomic E-state index is 0.00614. The van der Waals surface area contributed by atoms with E-state index >= 15 is 0 Å². The van der Waals surface area contributed by atoms with Crippen molar-refractivity contribution in [1.29, 1.82) is 0 Å². The first-order valence-corrected chi connectivity index (χ1v) is 11.5. The summed E-state index contributed by atoms with van der Waals surface area (Å²) in [6, 6.07) is 11.3. The molecule has 0 unspecified atom stereocenters. The second-order valence-corrected chi connectivity index (χ2v) is 9.55. The lowest BCUT2D eigenvalue weighted by molar-refractivity contribution is 0.104. The summed E-state index contributed by atoms with van der Waals surface area (Å²) in [5.74, 6) is 2.19. The zero-order valence-corrected chi connectivity index (χ0v) is 20.8. The fraction of sp³-hybridized carbons (Fsp3) is 0.464. The summed E-state index contributed by atoms with van der Waals surface area (Å²) in [7, 11) is 0. The third kappa shape index (κ3) is 7.44. The van der Waals surface area contributed by atoms with E-state index in [1.165, 1.54) is 0 Å². The number of hydrogen-bond acceptors (Lipinski definition) is 4. The largest absolute Gasteiger partial charge is 0.494 e. The molecule has 0 aliphatic heterocycles. The van der Waals surface area contributed by atoms with E-state index < -0.39 is 0 Å². The van der Waals surface area contributed by atoms with E-state index in [-0.39, 0.29) is 23.4 Å². The second-order valence-electron chi connectivity index (χ2n) is 9.55. The van der Waals surface area contributed by atoms with Crippen molar-refractivity contribution in [2.75, 3.05) is 6.61 Å². The Morgan fingerprint density at radius 2 is 1.59 bits per heavy atom. The van der Waals surface area contributed by atoms with Gasteiger partial charge in [0.15, 0.2) is 17.3 Å². The van der Waals surface area contributed by atoms with E-state index in [0.717, 1.165) is 29.0 Å². The van der Waals surface area contributed by atoms with Crippen molar-refractivity contribution in [3.8, 4) is 17.2 Å². The summed E-state index contributed by atoms with van der Waals surface area (Å²) < 4.78 is 17.9. The number of ketones is 1. The summed E-state index contributed by atoms with van der Waals surface area (Å²) in [4.78, 5) is 12.7. The number of ether oxygens (including phenoxy) is 3. The summed E-state index contributed by atoms with van der Waals surface area (Å²) >= 11 is 0. The molecular weight excluding hydrogens is 400 g/mol. The first-order chi connectivity index (χ1) is 15.0. The number of allylic oxidation sites excluding steroid dienone is 1. The average molecular weight is 439 g/mol. The topological polar surface area (TPSA) is 44.8 Å². The van der Waals surface area contributed by atoms with Crippen molar-refractivity contribution in [1.82, 2.24) is 0 Å². The number of carbonyl (C=O) groups is 1. The highest BCUT2D eigenvalue weighted by molar-refractivity contribution is 6.06. The first-order valence-electron chi connectivity index (χ1n) is 11.5.